The minimum absolute atomic E-state index is 0.0852. The number of benzene rings is 2. The van der Waals surface area contributed by atoms with E-state index in [-0.39, 0.29) is 11.3 Å². The molecule has 0 aliphatic heterocycles. The van der Waals surface area contributed by atoms with Crippen LogP contribution < -0.4 is 14.8 Å². The zero-order chi connectivity index (χ0) is 19.8. The number of nitrogens with zero attached hydrogens (tertiary/aromatic N) is 1. The molecule has 0 fully saturated rings. The number of aryl methyl sites for hydroxylation is 1. The lowest BCUT2D eigenvalue weighted by molar-refractivity contribution is -0.385. The van der Waals surface area contributed by atoms with E-state index in [0.29, 0.717) is 36.0 Å². The molecule has 0 radical (unpaired) electrons. The highest BCUT2D eigenvalue weighted by Crippen LogP contribution is 2.31. The Hall–Kier alpha value is -3.09. The molecule has 0 saturated heterocycles. The van der Waals surface area contributed by atoms with Gasteiger partial charge in [0.1, 0.15) is 0 Å². The zero-order valence-corrected chi connectivity index (χ0v) is 15.8. The van der Waals surface area contributed by atoms with E-state index < -0.39 is 10.8 Å². The van der Waals surface area contributed by atoms with Crippen LogP contribution in [0, 0.1) is 17.0 Å². The minimum Gasteiger partial charge on any atom is -0.490 e. The van der Waals surface area contributed by atoms with Crippen LogP contribution in [-0.4, -0.2) is 24.0 Å². The summed E-state index contributed by atoms with van der Waals surface area (Å²) < 4.78 is 11.4. The van der Waals surface area contributed by atoms with Crippen LogP contribution in [-0.2, 0) is 0 Å². The molecule has 1 amide bonds. The van der Waals surface area contributed by atoms with Crippen LogP contribution in [0.25, 0.3) is 0 Å². The monoisotopic (exact) mass is 372 g/mol. The first-order valence-electron chi connectivity index (χ1n) is 8.92. The molecular weight excluding hydrogens is 348 g/mol. The molecule has 0 bridgehead atoms. The minimum atomic E-state index is -0.497. The highest BCUT2D eigenvalue weighted by atomic mass is 16.6. The Bertz CT molecular complexity index is 820. The summed E-state index contributed by atoms with van der Waals surface area (Å²) in [4.78, 5) is 23.0. The average Bonchev–Trinajstić information content (AvgIpc) is 2.65. The lowest BCUT2D eigenvalue weighted by Gasteiger charge is -2.14. The normalized spacial score (nSPS) is 10.3. The van der Waals surface area contributed by atoms with E-state index in [1.165, 1.54) is 6.07 Å². The highest BCUT2D eigenvalue weighted by molar-refractivity contribution is 6.04. The van der Waals surface area contributed by atoms with E-state index in [1.807, 2.05) is 13.8 Å². The van der Waals surface area contributed by atoms with Crippen molar-refractivity contribution in [3.8, 4) is 11.5 Å². The number of carbonyl (C=O) groups excluding carboxylic acids is 1. The number of nitro groups is 1. The molecule has 0 aliphatic carbocycles. The lowest BCUT2D eigenvalue weighted by atomic mass is 10.1. The van der Waals surface area contributed by atoms with Crippen molar-refractivity contribution in [3.05, 3.63) is 57.6 Å². The SMILES string of the molecule is CCCOc1ccc(NC(=O)c2ccc(C)c([N+](=O)[O-])c2)cc1OCCC. The van der Waals surface area contributed by atoms with Gasteiger partial charge in [0, 0.05) is 28.9 Å². The molecule has 7 heteroatoms. The van der Waals surface area contributed by atoms with Gasteiger partial charge in [-0.1, -0.05) is 19.9 Å². The molecule has 0 aromatic heterocycles. The van der Waals surface area contributed by atoms with Gasteiger partial charge in [-0.3, -0.25) is 14.9 Å². The lowest BCUT2D eigenvalue weighted by Crippen LogP contribution is -2.13. The first-order valence-corrected chi connectivity index (χ1v) is 8.92. The van der Waals surface area contributed by atoms with Gasteiger partial charge < -0.3 is 14.8 Å². The molecule has 0 heterocycles. The molecule has 7 nitrogen and oxygen atoms in total. The van der Waals surface area contributed by atoms with Crippen molar-refractivity contribution in [2.45, 2.75) is 33.6 Å². The predicted molar refractivity (Wildman–Crippen MR) is 104 cm³/mol. The third-order valence-electron chi connectivity index (χ3n) is 3.79. The second kappa shape index (κ2) is 9.56. The summed E-state index contributed by atoms with van der Waals surface area (Å²) in [5.74, 6) is 0.744. The Labute approximate surface area is 158 Å². The zero-order valence-electron chi connectivity index (χ0n) is 15.8. The molecule has 1 N–H and O–H groups in total. The quantitative estimate of drug-likeness (QED) is 0.507. The van der Waals surface area contributed by atoms with E-state index in [2.05, 4.69) is 5.32 Å². The Balaban J connectivity index is 2.21. The molecule has 2 aromatic carbocycles. The maximum absolute atomic E-state index is 12.5. The molecule has 0 saturated carbocycles. The first-order chi connectivity index (χ1) is 13.0. The fraction of sp³-hybridized carbons (Fsp3) is 0.350. The third kappa shape index (κ3) is 5.44. The van der Waals surface area contributed by atoms with Crippen molar-refractivity contribution in [2.24, 2.45) is 0 Å². The van der Waals surface area contributed by atoms with Crippen molar-refractivity contribution in [3.63, 3.8) is 0 Å². The number of carbonyl (C=O) groups is 1. The Morgan fingerprint density at radius 1 is 1.04 bits per heavy atom. The van der Waals surface area contributed by atoms with Crippen LogP contribution in [0.1, 0.15) is 42.6 Å². The fourth-order valence-electron chi connectivity index (χ4n) is 2.39. The van der Waals surface area contributed by atoms with E-state index in [9.17, 15) is 14.9 Å². The van der Waals surface area contributed by atoms with Crippen LogP contribution in [0.4, 0.5) is 11.4 Å². The van der Waals surface area contributed by atoms with Gasteiger partial charge in [0.15, 0.2) is 11.5 Å². The number of nitrogens with one attached hydrogen (secondary N) is 1. The maximum Gasteiger partial charge on any atom is 0.273 e. The van der Waals surface area contributed by atoms with Crippen LogP contribution >= 0.6 is 0 Å². The largest absolute Gasteiger partial charge is 0.490 e. The number of amides is 1. The Kier molecular flexibility index (Phi) is 7.16. The van der Waals surface area contributed by atoms with Crippen molar-refractivity contribution < 1.29 is 19.2 Å². The molecule has 144 valence electrons. The topological polar surface area (TPSA) is 90.7 Å². The van der Waals surface area contributed by atoms with Crippen molar-refractivity contribution in [1.29, 1.82) is 0 Å². The highest BCUT2D eigenvalue weighted by Gasteiger charge is 2.16. The van der Waals surface area contributed by atoms with Crippen LogP contribution in [0.2, 0.25) is 0 Å². The number of nitro benzene ring substituents is 1. The van der Waals surface area contributed by atoms with Gasteiger partial charge in [-0.05, 0) is 38.0 Å². The second-order valence-corrected chi connectivity index (χ2v) is 6.07. The summed E-state index contributed by atoms with van der Waals surface area (Å²) in [6.07, 6.45) is 1.72. The first kappa shape index (κ1) is 20.2. The number of ether oxygens (including phenoxy) is 2. The van der Waals surface area contributed by atoms with Gasteiger partial charge in [0.05, 0.1) is 18.1 Å². The fourth-order valence-corrected chi connectivity index (χ4v) is 2.39. The van der Waals surface area contributed by atoms with Crippen LogP contribution in [0.15, 0.2) is 36.4 Å². The van der Waals surface area contributed by atoms with Crippen molar-refractivity contribution >= 4 is 17.3 Å². The van der Waals surface area contributed by atoms with Gasteiger partial charge in [0.2, 0.25) is 0 Å². The number of anilines is 1. The van der Waals surface area contributed by atoms with E-state index in [0.717, 1.165) is 12.8 Å². The molecule has 0 spiro atoms. The summed E-state index contributed by atoms with van der Waals surface area (Å²) in [6.45, 7) is 6.75. The summed E-state index contributed by atoms with van der Waals surface area (Å²) in [5.41, 5.74) is 1.16. The van der Waals surface area contributed by atoms with Crippen molar-refractivity contribution in [1.82, 2.24) is 0 Å². The smallest absolute Gasteiger partial charge is 0.273 e. The predicted octanol–water partition coefficient (Wildman–Crippen LogP) is 4.73. The summed E-state index contributed by atoms with van der Waals surface area (Å²) >= 11 is 0. The van der Waals surface area contributed by atoms with Gasteiger partial charge >= 0.3 is 0 Å². The molecule has 0 atom stereocenters. The average molecular weight is 372 g/mol. The van der Waals surface area contributed by atoms with Gasteiger partial charge in [-0.15, -0.1) is 0 Å². The van der Waals surface area contributed by atoms with Crippen LogP contribution in [0.5, 0.6) is 11.5 Å². The molecule has 27 heavy (non-hydrogen) atoms. The molecule has 0 unspecified atom stereocenters. The molecule has 0 aliphatic rings. The van der Waals surface area contributed by atoms with E-state index >= 15 is 0 Å². The Morgan fingerprint density at radius 3 is 2.33 bits per heavy atom. The summed E-state index contributed by atoms with van der Waals surface area (Å²) in [5, 5.41) is 13.8. The van der Waals surface area contributed by atoms with Gasteiger partial charge in [-0.25, -0.2) is 0 Å². The summed E-state index contributed by atoms with van der Waals surface area (Å²) in [7, 11) is 0. The van der Waals surface area contributed by atoms with E-state index in [1.54, 1.807) is 37.3 Å². The Morgan fingerprint density at radius 2 is 1.70 bits per heavy atom. The third-order valence-corrected chi connectivity index (χ3v) is 3.79. The van der Waals surface area contributed by atoms with Crippen molar-refractivity contribution in [2.75, 3.05) is 18.5 Å². The number of hydrogen-bond acceptors (Lipinski definition) is 5. The van der Waals surface area contributed by atoms with Gasteiger partial charge in [-0.2, -0.15) is 0 Å². The molecule has 2 aromatic rings. The van der Waals surface area contributed by atoms with E-state index in [4.69, 9.17) is 9.47 Å². The maximum atomic E-state index is 12.5. The standard InChI is InChI=1S/C20H24N2O5/c1-4-10-26-18-9-8-16(13-19(18)27-11-5-2)21-20(23)15-7-6-14(3)17(12-15)22(24)25/h6-9,12-13H,4-5,10-11H2,1-3H3,(H,21,23). The number of rotatable bonds is 9. The van der Waals surface area contributed by atoms with Crippen LogP contribution in [0.3, 0.4) is 0 Å². The second-order valence-electron chi connectivity index (χ2n) is 6.07. The van der Waals surface area contributed by atoms with Gasteiger partial charge in [0.25, 0.3) is 11.6 Å². The molecule has 2 rings (SSSR count). The summed E-state index contributed by atoms with van der Waals surface area (Å²) in [6, 6.07) is 9.55. The molecular formula is C20H24N2O5. The number of hydrogen-bond donors (Lipinski definition) is 1.